The van der Waals surface area contributed by atoms with Gasteiger partial charge in [-0.25, -0.2) is 22.6 Å². The van der Waals surface area contributed by atoms with E-state index in [1.54, 1.807) is 6.92 Å². The second-order valence-electron chi connectivity index (χ2n) is 6.40. The summed E-state index contributed by atoms with van der Waals surface area (Å²) < 4.78 is 52.7. The van der Waals surface area contributed by atoms with Crippen molar-refractivity contribution >= 4 is 21.6 Å². The molecule has 1 aliphatic rings. The Kier molecular flexibility index (Phi) is 5.85. The van der Waals surface area contributed by atoms with Gasteiger partial charge in [-0.1, -0.05) is 0 Å². The van der Waals surface area contributed by atoms with E-state index < -0.39 is 27.6 Å². The minimum atomic E-state index is -3.54. The Morgan fingerprint density at radius 1 is 1.00 bits per heavy atom. The van der Waals surface area contributed by atoms with Crippen LogP contribution in [0.5, 0.6) is 0 Å². The molecule has 1 heterocycles. The molecule has 2 aromatic carbocycles. The topological polar surface area (TPSA) is 78.8 Å². The zero-order valence-corrected chi connectivity index (χ0v) is 16.0. The molecule has 0 aromatic heterocycles. The highest BCUT2D eigenvalue weighted by atomic mass is 32.2. The summed E-state index contributed by atoms with van der Waals surface area (Å²) in [6.07, 6.45) is 1.68. The van der Waals surface area contributed by atoms with Gasteiger partial charge in [-0.3, -0.25) is 4.79 Å². The average molecular weight is 407 g/mol. The number of carbonyl (C=O) groups is 1. The molecule has 1 N–H and O–H groups in total. The molecule has 0 spiro atoms. The third kappa shape index (κ3) is 4.26. The van der Waals surface area contributed by atoms with Crippen LogP contribution in [-0.4, -0.2) is 37.4 Å². The largest absolute Gasteiger partial charge is 0.271 e. The maximum atomic E-state index is 13.3. The van der Waals surface area contributed by atoms with E-state index in [2.05, 4.69) is 10.5 Å². The van der Waals surface area contributed by atoms with E-state index >= 15 is 0 Å². The van der Waals surface area contributed by atoms with Crippen LogP contribution < -0.4 is 5.43 Å². The first-order valence-electron chi connectivity index (χ1n) is 8.69. The predicted octanol–water partition coefficient (Wildman–Crippen LogP) is 2.90. The van der Waals surface area contributed by atoms with Crippen LogP contribution in [-0.2, 0) is 10.0 Å². The van der Waals surface area contributed by atoms with E-state index in [1.807, 2.05) is 0 Å². The van der Waals surface area contributed by atoms with Crippen LogP contribution in [0.3, 0.4) is 0 Å². The maximum absolute atomic E-state index is 13.3. The first-order chi connectivity index (χ1) is 13.3. The standard InChI is InChI=1S/C19H19F2N3O3S/c1-13(15-6-9-17(20)18(21)12-15)22-23-19(25)14-4-7-16(8-5-14)28(26,27)24-10-2-3-11-24/h4-9,12H,2-3,10-11H2,1H3,(H,23,25)/b22-13-. The van der Waals surface area contributed by atoms with Crippen molar-refractivity contribution in [2.75, 3.05) is 13.1 Å². The van der Waals surface area contributed by atoms with Gasteiger partial charge in [0.25, 0.3) is 5.91 Å². The summed E-state index contributed by atoms with van der Waals surface area (Å²) in [5.74, 6) is -2.52. The number of sulfonamides is 1. The number of hydrazone groups is 1. The van der Waals surface area contributed by atoms with Gasteiger partial charge in [0.2, 0.25) is 10.0 Å². The van der Waals surface area contributed by atoms with Gasteiger partial charge in [0.15, 0.2) is 11.6 Å². The number of hydrogen-bond donors (Lipinski definition) is 1. The molecule has 1 fully saturated rings. The zero-order chi connectivity index (χ0) is 20.3. The third-order valence-electron chi connectivity index (χ3n) is 4.48. The fourth-order valence-electron chi connectivity index (χ4n) is 2.84. The Balaban J connectivity index is 1.70. The van der Waals surface area contributed by atoms with E-state index in [0.29, 0.717) is 24.4 Å². The smallest absolute Gasteiger partial charge is 0.267 e. The molecule has 0 unspecified atom stereocenters. The highest BCUT2D eigenvalue weighted by Gasteiger charge is 2.27. The van der Waals surface area contributed by atoms with Crippen LogP contribution in [0, 0.1) is 11.6 Å². The molecule has 9 heteroatoms. The lowest BCUT2D eigenvalue weighted by Gasteiger charge is -2.15. The summed E-state index contributed by atoms with van der Waals surface area (Å²) in [7, 11) is -3.54. The Hall–Kier alpha value is -2.65. The van der Waals surface area contributed by atoms with Crippen LogP contribution in [0.15, 0.2) is 52.5 Å². The summed E-state index contributed by atoms with van der Waals surface area (Å²) in [4.78, 5) is 12.3. The molecule has 1 amide bonds. The van der Waals surface area contributed by atoms with Crippen LogP contribution in [0.25, 0.3) is 0 Å². The summed E-state index contributed by atoms with van der Waals surface area (Å²) in [5.41, 5.74) is 3.16. The minimum absolute atomic E-state index is 0.132. The van der Waals surface area contributed by atoms with Gasteiger partial charge in [-0.05, 0) is 62.2 Å². The van der Waals surface area contributed by atoms with Crippen molar-refractivity contribution < 1.29 is 22.0 Å². The first kappa shape index (κ1) is 20.1. The van der Waals surface area contributed by atoms with Gasteiger partial charge < -0.3 is 0 Å². The molecule has 0 bridgehead atoms. The van der Waals surface area contributed by atoms with Crippen LogP contribution in [0.1, 0.15) is 35.7 Å². The number of halogens is 2. The second-order valence-corrected chi connectivity index (χ2v) is 8.34. The Morgan fingerprint density at radius 3 is 2.21 bits per heavy atom. The molecule has 1 saturated heterocycles. The molecule has 0 radical (unpaired) electrons. The van der Waals surface area contributed by atoms with Gasteiger partial charge in [0.05, 0.1) is 10.6 Å². The molecule has 3 rings (SSSR count). The lowest BCUT2D eigenvalue weighted by molar-refractivity contribution is 0.0954. The lowest BCUT2D eigenvalue weighted by atomic mass is 10.1. The van der Waals surface area contributed by atoms with Crippen molar-refractivity contribution in [3.63, 3.8) is 0 Å². The molecule has 6 nitrogen and oxygen atoms in total. The van der Waals surface area contributed by atoms with Crippen molar-refractivity contribution in [3.8, 4) is 0 Å². The van der Waals surface area contributed by atoms with Crippen LogP contribution >= 0.6 is 0 Å². The number of amides is 1. The van der Waals surface area contributed by atoms with Gasteiger partial charge in [0, 0.05) is 24.2 Å². The highest BCUT2D eigenvalue weighted by molar-refractivity contribution is 7.89. The van der Waals surface area contributed by atoms with E-state index in [4.69, 9.17) is 0 Å². The highest BCUT2D eigenvalue weighted by Crippen LogP contribution is 2.21. The number of hydrogen-bond acceptors (Lipinski definition) is 4. The number of carbonyl (C=O) groups excluding carboxylic acids is 1. The number of rotatable bonds is 5. The van der Waals surface area contributed by atoms with Crippen LogP contribution in [0.2, 0.25) is 0 Å². The number of benzene rings is 2. The molecule has 0 aliphatic carbocycles. The van der Waals surface area contributed by atoms with E-state index in [1.165, 1.54) is 34.6 Å². The van der Waals surface area contributed by atoms with Gasteiger partial charge in [-0.15, -0.1) is 0 Å². The lowest BCUT2D eigenvalue weighted by Crippen LogP contribution is -2.28. The van der Waals surface area contributed by atoms with Crippen molar-refractivity contribution in [1.29, 1.82) is 0 Å². The van der Waals surface area contributed by atoms with Crippen molar-refractivity contribution in [2.24, 2.45) is 5.10 Å². The van der Waals surface area contributed by atoms with Crippen molar-refractivity contribution in [3.05, 3.63) is 65.2 Å². The molecule has 0 saturated carbocycles. The molecular formula is C19H19F2N3O3S. The Bertz CT molecular complexity index is 1020. The van der Waals surface area contributed by atoms with Crippen molar-refractivity contribution in [1.82, 2.24) is 9.73 Å². The predicted molar refractivity (Wildman–Crippen MR) is 100 cm³/mol. The van der Waals surface area contributed by atoms with Gasteiger partial charge >= 0.3 is 0 Å². The van der Waals surface area contributed by atoms with E-state index in [-0.39, 0.29) is 10.5 Å². The van der Waals surface area contributed by atoms with E-state index in [0.717, 1.165) is 25.0 Å². The SMILES string of the molecule is C/C(=N/NC(=O)c1ccc(S(=O)(=O)N2CCCC2)cc1)c1ccc(F)c(F)c1. The second kappa shape index (κ2) is 8.15. The van der Waals surface area contributed by atoms with Gasteiger partial charge in [-0.2, -0.15) is 9.41 Å². The number of nitrogens with zero attached hydrogens (tertiary/aromatic N) is 2. The molecule has 0 atom stereocenters. The normalized spacial score (nSPS) is 15.6. The van der Waals surface area contributed by atoms with E-state index in [9.17, 15) is 22.0 Å². The average Bonchev–Trinajstić information content (AvgIpc) is 3.24. The fraction of sp³-hybridized carbons (Fsp3) is 0.263. The Morgan fingerprint density at radius 2 is 1.61 bits per heavy atom. The Labute approximate surface area is 161 Å². The summed E-state index contributed by atoms with van der Waals surface area (Å²) in [6, 6.07) is 8.88. The zero-order valence-electron chi connectivity index (χ0n) is 15.2. The molecule has 148 valence electrons. The quantitative estimate of drug-likeness (QED) is 0.612. The third-order valence-corrected chi connectivity index (χ3v) is 6.39. The molecular weight excluding hydrogens is 388 g/mol. The summed E-state index contributed by atoms with van der Waals surface area (Å²) in [5, 5.41) is 3.88. The molecule has 28 heavy (non-hydrogen) atoms. The minimum Gasteiger partial charge on any atom is -0.267 e. The van der Waals surface area contributed by atoms with Crippen molar-refractivity contribution in [2.45, 2.75) is 24.7 Å². The van der Waals surface area contributed by atoms with Crippen LogP contribution in [0.4, 0.5) is 8.78 Å². The first-order valence-corrected chi connectivity index (χ1v) is 10.1. The molecule has 1 aliphatic heterocycles. The summed E-state index contributed by atoms with van der Waals surface area (Å²) in [6.45, 7) is 2.55. The summed E-state index contributed by atoms with van der Waals surface area (Å²) >= 11 is 0. The monoisotopic (exact) mass is 407 g/mol. The molecule has 2 aromatic rings. The fourth-order valence-corrected chi connectivity index (χ4v) is 4.36. The maximum Gasteiger partial charge on any atom is 0.271 e. The number of nitrogens with one attached hydrogen (secondary N) is 1. The van der Waals surface area contributed by atoms with Gasteiger partial charge in [0.1, 0.15) is 0 Å².